The quantitative estimate of drug-likeness (QED) is 0.561. The topological polar surface area (TPSA) is 49.4 Å². The molecule has 1 rings (SSSR count). The van der Waals surface area contributed by atoms with Crippen molar-refractivity contribution in [2.45, 2.75) is 12.8 Å². The van der Waals surface area contributed by atoms with Crippen LogP contribution in [0.2, 0.25) is 0 Å². The van der Waals surface area contributed by atoms with Crippen molar-refractivity contribution >= 4 is 27.3 Å². The number of nitrogens with zero attached hydrogens (tertiary/aromatic N) is 1. The molecule has 0 aliphatic heterocycles. The Morgan fingerprint density at radius 3 is 2.53 bits per heavy atom. The van der Waals surface area contributed by atoms with Gasteiger partial charge >= 0.3 is 0 Å². The van der Waals surface area contributed by atoms with E-state index in [1.807, 2.05) is 37.4 Å². The van der Waals surface area contributed by atoms with E-state index in [0.717, 1.165) is 18.7 Å². The van der Waals surface area contributed by atoms with E-state index in [2.05, 4.69) is 9.62 Å². The second-order valence-corrected chi connectivity index (χ2v) is 6.67. The first-order valence-electron chi connectivity index (χ1n) is 6.34. The first-order valence-corrected chi connectivity index (χ1v) is 8.53. The number of benzene rings is 1. The number of para-hydroxylation sites is 1. The van der Waals surface area contributed by atoms with Crippen molar-refractivity contribution in [3.05, 3.63) is 30.3 Å². The van der Waals surface area contributed by atoms with Gasteiger partial charge in [0.15, 0.2) is 0 Å². The van der Waals surface area contributed by atoms with Crippen molar-refractivity contribution in [3.8, 4) is 0 Å². The lowest BCUT2D eigenvalue weighted by atomic mass is 10.3. The number of alkyl halides is 1. The Labute approximate surface area is 120 Å². The van der Waals surface area contributed by atoms with E-state index in [-0.39, 0.29) is 5.75 Å². The van der Waals surface area contributed by atoms with Crippen LogP contribution in [0.25, 0.3) is 0 Å². The lowest BCUT2D eigenvalue weighted by Gasteiger charge is -2.19. The zero-order valence-electron chi connectivity index (χ0n) is 11.2. The highest BCUT2D eigenvalue weighted by molar-refractivity contribution is 7.89. The molecule has 0 atom stereocenters. The molecule has 0 aliphatic rings. The van der Waals surface area contributed by atoms with Crippen LogP contribution in [0.15, 0.2) is 30.3 Å². The number of nitrogens with one attached hydrogen (secondary N) is 1. The molecular weight excluding hydrogens is 284 g/mol. The van der Waals surface area contributed by atoms with Gasteiger partial charge < -0.3 is 4.90 Å². The molecule has 19 heavy (non-hydrogen) atoms. The van der Waals surface area contributed by atoms with Crippen molar-refractivity contribution in [2.24, 2.45) is 0 Å². The Morgan fingerprint density at radius 1 is 1.21 bits per heavy atom. The van der Waals surface area contributed by atoms with Gasteiger partial charge in [-0.1, -0.05) is 18.2 Å². The van der Waals surface area contributed by atoms with Crippen molar-refractivity contribution in [2.75, 3.05) is 36.7 Å². The minimum absolute atomic E-state index is 0.102. The van der Waals surface area contributed by atoms with Crippen LogP contribution in [0.5, 0.6) is 0 Å². The van der Waals surface area contributed by atoms with Gasteiger partial charge in [-0.15, -0.1) is 11.6 Å². The van der Waals surface area contributed by atoms with Crippen LogP contribution in [0.3, 0.4) is 0 Å². The number of sulfonamides is 1. The molecule has 0 unspecified atom stereocenters. The Bertz CT molecular complexity index is 451. The molecular formula is C13H21ClN2O2S. The Morgan fingerprint density at radius 2 is 1.89 bits per heavy atom. The summed E-state index contributed by atoms with van der Waals surface area (Å²) in [5.41, 5.74) is 1.13. The van der Waals surface area contributed by atoms with Crippen LogP contribution in [0, 0.1) is 0 Å². The van der Waals surface area contributed by atoms with Gasteiger partial charge in [0, 0.05) is 31.7 Å². The van der Waals surface area contributed by atoms with Crippen LogP contribution >= 0.6 is 11.6 Å². The van der Waals surface area contributed by atoms with Crippen molar-refractivity contribution in [1.29, 1.82) is 0 Å². The third-order valence-electron chi connectivity index (χ3n) is 2.74. The molecule has 4 nitrogen and oxygen atoms in total. The minimum atomic E-state index is -3.16. The third kappa shape index (κ3) is 6.80. The molecule has 0 bridgehead atoms. The minimum Gasteiger partial charge on any atom is -0.375 e. The maximum atomic E-state index is 11.5. The maximum Gasteiger partial charge on any atom is 0.211 e. The number of halogens is 1. The molecule has 1 N–H and O–H groups in total. The molecule has 6 heteroatoms. The number of hydrogen-bond acceptors (Lipinski definition) is 3. The molecule has 0 fully saturated rings. The van der Waals surface area contributed by atoms with E-state index in [1.54, 1.807) is 0 Å². The van der Waals surface area contributed by atoms with Gasteiger partial charge in [-0.25, -0.2) is 13.1 Å². The largest absolute Gasteiger partial charge is 0.375 e. The van der Waals surface area contributed by atoms with Gasteiger partial charge in [-0.05, 0) is 25.0 Å². The van der Waals surface area contributed by atoms with Crippen LogP contribution in [0.4, 0.5) is 5.69 Å². The fourth-order valence-electron chi connectivity index (χ4n) is 1.67. The zero-order chi connectivity index (χ0) is 14.1. The predicted molar refractivity (Wildman–Crippen MR) is 81.5 cm³/mol. The Hall–Kier alpha value is -0.780. The van der Waals surface area contributed by atoms with E-state index in [4.69, 9.17) is 11.6 Å². The van der Waals surface area contributed by atoms with E-state index < -0.39 is 10.0 Å². The van der Waals surface area contributed by atoms with Crippen LogP contribution in [-0.2, 0) is 10.0 Å². The van der Waals surface area contributed by atoms with Crippen molar-refractivity contribution < 1.29 is 8.42 Å². The molecule has 1 aromatic rings. The van der Waals surface area contributed by atoms with E-state index in [1.165, 1.54) is 0 Å². The average Bonchev–Trinajstić information content (AvgIpc) is 2.42. The highest BCUT2D eigenvalue weighted by Gasteiger charge is 2.08. The summed E-state index contributed by atoms with van der Waals surface area (Å²) in [6.07, 6.45) is 1.26. The lowest BCUT2D eigenvalue weighted by Crippen LogP contribution is -2.30. The van der Waals surface area contributed by atoms with Crippen LogP contribution in [-0.4, -0.2) is 40.2 Å². The highest BCUT2D eigenvalue weighted by Crippen LogP contribution is 2.10. The molecule has 0 aliphatic carbocycles. The molecule has 108 valence electrons. The highest BCUT2D eigenvalue weighted by atomic mass is 35.5. The fourth-order valence-corrected chi connectivity index (χ4v) is 3.09. The summed E-state index contributed by atoms with van der Waals surface area (Å²) in [4.78, 5) is 2.10. The molecule has 0 spiro atoms. The molecule has 0 aromatic heterocycles. The standard InChI is InChI=1S/C13H21ClN2O2S/c1-16(13-7-3-2-4-8-13)11-6-10-15-19(17,18)12-5-9-14/h2-4,7-8,15H,5-6,9-12H2,1H3. The second-order valence-electron chi connectivity index (χ2n) is 4.37. The summed E-state index contributed by atoms with van der Waals surface area (Å²) in [6, 6.07) is 10.0. The van der Waals surface area contributed by atoms with Gasteiger partial charge in [0.2, 0.25) is 10.0 Å². The normalized spacial score (nSPS) is 11.5. The SMILES string of the molecule is CN(CCCNS(=O)(=O)CCCCl)c1ccccc1. The smallest absolute Gasteiger partial charge is 0.211 e. The summed E-state index contributed by atoms with van der Waals surface area (Å²) in [7, 11) is -1.16. The van der Waals surface area contributed by atoms with Gasteiger partial charge in [0.1, 0.15) is 0 Å². The molecule has 0 radical (unpaired) electrons. The second kappa shape index (κ2) is 8.40. The van der Waals surface area contributed by atoms with Gasteiger partial charge in [-0.3, -0.25) is 0 Å². The van der Waals surface area contributed by atoms with E-state index >= 15 is 0 Å². The summed E-state index contributed by atoms with van der Waals surface area (Å²) in [6.45, 7) is 1.27. The summed E-state index contributed by atoms with van der Waals surface area (Å²) < 4.78 is 25.6. The molecule has 1 aromatic carbocycles. The van der Waals surface area contributed by atoms with Crippen LogP contribution in [0.1, 0.15) is 12.8 Å². The van der Waals surface area contributed by atoms with E-state index in [9.17, 15) is 8.42 Å². The van der Waals surface area contributed by atoms with Gasteiger partial charge in [-0.2, -0.15) is 0 Å². The summed E-state index contributed by atoms with van der Waals surface area (Å²) in [5.74, 6) is 0.475. The molecule has 0 heterocycles. The first-order chi connectivity index (χ1) is 9.05. The summed E-state index contributed by atoms with van der Waals surface area (Å²) in [5, 5.41) is 0. The van der Waals surface area contributed by atoms with Crippen molar-refractivity contribution in [1.82, 2.24) is 4.72 Å². The molecule has 0 amide bonds. The van der Waals surface area contributed by atoms with Crippen molar-refractivity contribution in [3.63, 3.8) is 0 Å². The third-order valence-corrected chi connectivity index (χ3v) is 4.47. The molecule has 0 saturated carbocycles. The maximum absolute atomic E-state index is 11.5. The van der Waals surface area contributed by atoms with E-state index in [0.29, 0.717) is 18.8 Å². The average molecular weight is 305 g/mol. The number of rotatable bonds is 9. The Kier molecular flexibility index (Phi) is 7.20. The predicted octanol–water partition coefficient (Wildman–Crippen LogP) is 2.06. The van der Waals surface area contributed by atoms with Gasteiger partial charge in [0.25, 0.3) is 0 Å². The summed E-state index contributed by atoms with van der Waals surface area (Å²) >= 11 is 5.48. The van der Waals surface area contributed by atoms with Crippen LogP contribution < -0.4 is 9.62 Å². The fraction of sp³-hybridized carbons (Fsp3) is 0.538. The first kappa shape index (κ1) is 16.3. The lowest BCUT2D eigenvalue weighted by molar-refractivity contribution is 0.577. The number of hydrogen-bond donors (Lipinski definition) is 1. The number of anilines is 1. The molecule has 0 saturated heterocycles. The van der Waals surface area contributed by atoms with Gasteiger partial charge in [0.05, 0.1) is 5.75 Å². The monoisotopic (exact) mass is 304 g/mol. The zero-order valence-corrected chi connectivity index (χ0v) is 12.8. The Balaban J connectivity index is 2.24.